The first-order chi connectivity index (χ1) is 12.7. The standard InChI is InChI=1S/C22H27NO3/c1-25-19-11-9-17(15-20(19)26-2)10-12-21(24)23-16-22(13-6-14-22)18-7-4-3-5-8-18/h3-5,7-9,11,15H,6,10,12-14,16H2,1-2H3,(H,23,24). The second-order valence-corrected chi connectivity index (χ2v) is 6.97. The average molecular weight is 353 g/mol. The van der Waals surface area contributed by atoms with E-state index in [-0.39, 0.29) is 11.3 Å². The molecule has 0 spiro atoms. The predicted octanol–water partition coefficient (Wildman–Crippen LogP) is 3.87. The summed E-state index contributed by atoms with van der Waals surface area (Å²) < 4.78 is 10.6. The van der Waals surface area contributed by atoms with E-state index in [4.69, 9.17) is 9.47 Å². The summed E-state index contributed by atoms with van der Waals surface area (Å²) >= 11 is 0. The fourth-order valence-electron chi connectivity index (χ4n) is 3.61. The van der Waals surface area contributed by atoms with E-state index >= 15 is 0 Å². The maximum Gasteiger partial charge on any atom is 0.220 e. The Kier molecular flexibility index (Phi) is 5.82. The first-order valence-corrected chi connectivity index (χ1v) is 9.20. The number of carbonyl (C=O) groups is 1. The summed E-state index contributed by atoms with van der Waals surface area (Å²) in [6, 6.07) is 16.3. The number of hydrogen-bond acceptors (Lipinski definition) is 3. The number of nitrogens with one attached hydrogen (secondary N) is 1. The summed E-state index contributed by atoms with van der Waals surface area (Å²) in [6.07, 6.45) is 4.68. The maximum atomic E-state index is 12.3. The summed E-state index contributed by atoms with van der Waals surface area (Å²) in [5, 5.41) is 3.15. The molecule has 4 heteroatoms. The van der Waals surface area contributed by atoms with Gasteiger partial charge in [-0.05, 0) is 42.5 Å². The van der Waals surface area contributed by atoms with Gasteiger partial charge >= 0.3 is 0 Å². The lowest BCUT2D eigenvalue weighted by Crippen LogP contribution is -2.45. The molecule has 0 unspecified atom stereocenters. The van der Waals surface area contributed by atoms with Crippen LogP contribution in [0, 0.1) is 0 Å². The third kappa shape index (κ3) is 4.01. The van der Waals surface area contributed by atoms with Gasteiger partial charge in [-0.1, -0.05) is 42.8 Å². The van der Waals surface area contributed by atoms with Crippen LogP contribution in [0.3, 0.4) is 0 Å². The average Bonchev–Trinajstić information content (AvgIpc) is 2.66. The van der Waals surface area contributed by atoms with E-state index in [1.165, 1.54) is 12.0 Å². The molecule has 26 heavy (non-hydrogen) atoms. The first kappa shape index (κ1) is 18.3. The number of rotatable bonds is 8. The molecule has 2 aromatic carbocycles. The van der Waals surface area contributed by atoms with Crippen LogP contribution < -0.4 is 14.8 Å². The van der Waals surface area contributed by atoms with Crippen LogP contribution in [0.5, 0.6) is 11.5 Å². The normalized spacial score (nSPS) is 15.0. The summed E-state index contributed by atoms with van der Waals surface area (Å²) in [5.41, 5.74) is 2.53. The van der Waals surface area contributed by atoms with Crippen LogP contribution in [0.15, 0.2) is 48.5 Å². The minimum Gasteiger partial charge on any atom is -0.493 e. The highest BCUT2D eigenvalue weighted by molar-refractivity contribution is 5.76. The van der Waals surface area contributed by atoms with Gasteiger partial charge in [-0.15, -0.1) is 0 Å². The lowest BCUT2D eigenvalue weighted by atomic mass is 9.64. The molecule has 0 saturated heterocycles. The highest BCUT2D eigenvalue weighted by Gasteiger charge is 2.38. The van der Waals surface area contributed by atoms with E-state index in [2.05, 4.69) is 29.6 Å². The van der Waals surface area contributed by atoms with Crippen molar-refractivity contribution in [2.45, 2.75) is 37.5 Å². The molecule has 0 bridgehead atoms. The van der Waals surface area contributed by atoms with Gasteiger partial charge in [0, 0.05) is 18.4 Å². The van der Waals surface area contributed by atoms with Crippen molar-refractivity contribution >= 4 is 5.91 Å². The van der Waals surface area contributed by atoms with Crippen molar-refractivity contribution in [3.05, 3.63) is 59.7 Å². The fourth-order valence-corrected chi connectivity index (χ4v) is 3.61. The number of hydrogen-bond donors (Lipinski definition) is 1. The van der Waals surface area contributed by atoms with Crippen molar-refractivity contribution < 1.29 is 14.3 Å². The zero-order valence-electron chi connectivity index (χ0n) is 15.6. The second-order valence-electron chi connectivity index (χ2n) is 6.97. The molecule has 138 valence electrons. The van der Waals surface area contributed by atoms with Crippen molar-refractivity contribution in [1.29, 1.82) is 0 Å². The van der Waals surface area contributed by atoms with Crippen LogP contribution in [-0.2, 0) is 16.6 Å². The second kappa shape index (κ2) is 8.26. The number of ether oxygens (including phenoxy) is 2. The summed E-state index contributed by atoms with van der Waals surface area (Å²) in [7, 11) is 3.24. The topological polar surface area (TPSA) is 47.6 Å². The van der Waals surface area contributed by atoms with E-state index in [1.807, 2.05) is 24.3 Å². The molecular weight excluding hydrogens is 326 g/mol. The first-order valence-electron chi connectivity index (χ1n) is 9.20. The van der Waals surface area contributed by atoms with Crippen LogP contribution >= 0.6 is 0 Å². The number of carbonyl (C=O) groups excluding carboxylic acids is 1. The number of aryl methyl sites for hydroxylation is 1. The van der Waals surface area contributed by atoms with Crippen LogP contribution in [-0.4, -0.2) is 26.7 Å². The highest BCUT2D eigenvalue weighted by atomic mass is 16.5. The van der Waals surface area contributed by atoms with E-state index in [0.29, 0.717) is 24.3 Å². The molecule has 1 N–H and O–H groups in total. The molecule has 1 aliphatic carbocycles. The molecule has 0 radical (unpaired) electrons. The van der Waals surface area contributed by atoms with Crippen LogP contribution in [0.1, 0.15) is 36.8 Å². The largest absolute Gasteiger partial charge is 0.493 e. The van der Waals surface area contributed by atoms with Gasteiger partial charge in [-0.2, -0.15) is 0 Å². The number of methoxy groups -OCH3 is 2. The summed E-state index contributed by atoms with van der Waals surface area (Å²) in [5.74, 6) is 1.50. The molecule has 1 fully saturated rings. The Bertz CT molecular complexity index is 738. The molecule has 1 aliphatic rings. The van der Waals surface area contributed by atoms with Crippen molar-refractivity contribution in [3.63, 3.8) is 0 Å². The molecule has 4 nitrogen and oxygen atoms in total. The Labute approximate surface area is 155 Å². The van der Waals surface area contributed by atoms with E-state index in [1.54, 1.807) is 14.2 Å². The van der Waals surface area contributed by atoms with Gasteiger partial charge in [0.1, 0.15) is 0 Å². The Hall–Kier alpha value is -2.49. The van der Waals surface area contributed by atoms with E-state index in [9.17, 15) is 4.79 Å². The molecular formula is C22H27NO3. The smallest absolute Gasteiger partial charge is 0.220 e. The van der Waals surface area contributed by atoms with E-state index in [0.717, 1.165) is 24.9 Å². The number of amides is 1. The van der Waals surface area contributed by atoms with Crippen LogP contribution in [0.2, 0.25) is 0 Å². The third-order valence-electron chi connectivity index (χ3n) is 5.41. The minimum absolute atomic E-state index is 0.0991. The lowest BCUT2D eigenvalue weighted by molar-refractivity contribution is -0.121. The zero-order valence-corrected chi connectivity index (χ0v) is 15.6. The quantitative estimate of drug-likeness (QED) is 0.783. The Morgan fingerprint density at radius 2 is 1.77 bits per heavy atom. The molecule has 1 saturated carbocycles. The van der Waals surface area contributed by atoms with Gasteiger partial charge in [0.2, 0.25) is 5.91 Å². The van der Waals surface area contributed by atoms with Gasteiger partial charge in [0.25, 0.3) is 0 Å². The third-order valence-corrected chi connectivity index (χ3v) is 5.41. The summed E-state index contributed by atoms with van der Waals surface area (Å²) in [4.78, 5) is 12.3. The van der Waals surface area contributed by atoms with Gasteiger partial charge in [0.05, 0.1) is 14.2 Å². The van der Waals surface area contributed by atoms with Crippen LogP contribution in [0.4, 0.5) is 0 Å². The van der Waals surface area contributed by atoms with Crippen molar-refractivity contribution in [3.8, 4) is 11.5 Å². The van der Waals surface area contributed by atoms with Crippen molar-refractivity contribution in [2.24, 2.45) is 0 Å². The number of benzene rings is 2. The fraction of sp³-hybridized carbons (Fsp3) is 0.409. The minimum atomic E-state index is 0.0991. The molecule has 0 heterocycles. The van der Waals surface area contributed by atoms with Gasteiger partial charge in [-0.25, -0.2) is 0 Å². The Morgan fingerprint density at radius 3 is 2.38 bits per heavy atom. The molecule has 0 aliphatic heterocycles. The predicted molar refractivity (Wildman–Crippen MR) is 103 cm³/mol. The molecule has 0 atom stereocenters. The molecule has 0 aromatic heterocycles. The zero-order chi connectivity index (χ0) is 18.4. The molecule has 1 amide bonds. The summed E-state index contributed by atoms with van der Waals surface area (Å²) in [6.45, 7) is 0.724. The Balaban J connectivity index is 1.53. The Morgan fingerprint density at radius 1 is 1.04 bits per heavy atom. The van der Waals surface area contributed by atoms with Crippen molar-refractivity contribution in [2.75, 3.05) is 20.8 Å². The lowest BCUT2D eigenvalue weighted by Gasteiger charge is -2.42. The highest BCUT2D eigenvalue weighted by Crippen LogP contribution is 2.43. The molecule has 3 rings (SSSR count). The molecule has 2 aromatic rings. The van der Waals surface area contributed by atoms with Crippen LogP contribution in [0.25, 0.3) is 0 Å². The van der Waals surface area contributed by atoms with Gasteiger partial charge in [-0.3, -0.25) is 4.79 Å². The SMILES string of the molecule is COc1ccc(CCC(=O)NCC2(c3ccccc3)CCC2)cc1OC. The monoisotopic (exact) mass is 353 g/mol. The van der Waals surface area contributed by atoms with Gasteiger partial charge in [0.15, 0.2) is 11.5 Å². The maximum absolute atomic E-state index is 12.3. The van der Waals surface area contributed by atoms with E-state index < -0.39 is 0 Å². The van der Waals surface area contributed by atoms with Crippen molar-refractivity contribution in [1.82, 2.24) is 5.32 Å². The van der Waals surface area contributed by atoms with Gasteiger partial charge < -0.3 is 14.8 Å².